The molecule has 1 saturated heterocycles. The third-order valence-corrected chi connectivity index (χ3v) is 6.91. The molecule has 156 valence electrons. The standard InChI is InChI=1S/C20H17F2N3O4S/c1-11-8-18(24-19-14(11)4-5-17(23-19)20(26)27)15-3-2-13(9-16(15)22)30(28,29)25-7-6-12(21)10-25/h2-5,8-9,12H,6-7,10H2,1H3,(H,26,27)/t12-/m0/s1. The maximum absolute atomic E-state index is 14.9. The molecule has 0 saturated carbocycles. The summed E-state index contributed by atoms with van der Waals surface area (Å²) in [5.41, 5.74) is 0.909. The molecule has 0 spiro atoms. The van der Waals surface area contributed by atoms with Gasteiger partial charge < -0.3 is 5.11 Å². The molecule has 1 atom stereocenters. The molecule has 1 fully saturated rings. The van der Waals surface area contributed by atoms with Crippen LogP contribution >= 0.6 is 0 Å². The van der Waals surface area contributed by atoms with Crippen LogP contribution in [-0.4, -0.2) is 53.0 Å². The Labute approximate surface area is 171 Å². The highest BCUT2D eigenvalue weighted by Crippen LogP contribution is 2.29. The van der Waals surface area contributed by atoms with Crippen LogP contribution in [0.25, 0.3) is 22.3 Å². The van der Waals surface area contributed by atoms with E-state index in [1.54, 1.807) is 19.1 Å². The van der Waals surface area contributed by atoms with Gasteiger partial charge in [-0.05, 0) is 55.3 Å². The van der Waals surface area contributed by atoms with Gasteiger partial charge in [-0.25, -0.2) is 32.0 Å². The minimum Gasteiger partial charge on any atom is -0.477 e. The van der Waals surface area contributed by atoms with Gasteiger partial charge in [-0.15, -0.1) is 0 Å². The van der Waals surface area contributed by atoms with Gasteiger partial charge in [-0.2, -0.15) is 4.31 Å². The summed E-state index contributed by atoms with van der Waals surface area (Å²) in [7, 11) is -4.00. The molecule has 0 unspecified atom stereocenters. The smallest absolute Gasteiger partial charge is 0.354 e. The van der Waals surface area contributed by atoms with Crippen LogP contribution in [0.2, 0.25) is 0 Å². The lowest BCUT2D eigenvalue weighted by Gasteiger charge is -2.16. The Balaban J connectivity index is 1.76. The number of carboxylic acid groups (broad SMARTS) is 1. The molecule has 1 aliphatic heterocycles. The van der Waals surface area contributed by atoms with Crippen molar-refractivity contribution in [3.8, 4) is 11.3 Å². The first-order chi connectivity index (χ1) is 14.2. The quantitative estimate of drug-likeness (QED) is 0.678. The van der Waals surface area contributed by atoms with Crippen LogP contribution in [0.1, 0.15) is 22.5 Å². The van der Waals surface area contributed by atoms with Crippen LogP contribution in [0.3, 0.4) is 0 Å². The molecule has 3 aromatic rings. The molecule has 0 aliphatic carbocycles. The summed E-state index contributed by atoms with van der Waals surface area (Å²) in [6, 6.07) is 7.99. The highest BCUT2D eigenvalue weighted by molar-refractivity contribution is 7.89. The first-order valence-corrected chi connectivity index (χ1v) is 10.6. The summed E-state index contributed by atoms with van der Waals surface area (Å²) in [6.45, 7) is 1.57. The van der Waals surface area contributed by atoms with Gasteiger partial charge in [0.15, 0.2) is 11.3 Å². The normalized spacial score (nSPS) is 17.5. The fourth-order valence-electron chi connectivity index (χ4n) is 3.45. The molecule has 7 nitrogen and oxygen atoms in total. The van der Waals surface area contributed by atoms with E-state index in [1.807, 2.05) is 0 Å². The molecule has 0 radical (unpaired) electrons. The molecule has 30 heavy (non-hydrogen) atoms. The number of carboxylic acids is 1. The Morgan fingerprint density at radius 1 is 1.20 bits per heavy atom. The highest BCUT2D eigenvalue weighted by Gasteiger charge is 2.33. The van der Waals surface area contributed by atoms with Gasteiger partial charge in [0.05, 0.1) is 10.6 Å². The van der Waals surface area contributed by atoms with Gasteiger partial charge in [-0.1, -0.05) is 0 Å². The minimum absolute atomic E-state index is 0.0475. The van der Waals surface area contributed by atoms with E-state index >= 15 is 0 Å². The number of aromatic nitrogens is 2. The molecule has 1 aromatic carbocycles. The number of hydrogen-bond donors (Lipinski definition) is 1. The SMILES string of the molecule is Cc1cc(-c2ccc(S(=O)(=O)N3CC[C@H](F)C3)cc2F)nc2nc(C(=O)O)ccc12. The lowest BCUT2D eigenvalue weighted by atomic mass is 10.1. The number of pyridine rings is 2. The third-order valence-electron chi connectivity index (χ3n) is 5.05. The number of aryl methyl sites for hydroxylation is 1. The van der Waals surface area contributed by atoms with E-state index in [4.69, 9.17) is 5.11 Å². The van der Waals surface area contributed by atoms with Crippen molar-refractivity contribution in [1.29, 1.82) is 0 Å². The molecule has 4 rings (SSSR count). The Kier molecular flexibility index (Phi) is 4.99. The minimum atomic E-state index is -4.00. The zero-order valence-corrected chi connectivity index (χ0v) is 16.7. The number of fused-ring (bicyclic) bond motifs is 1. The molecule has 0 bridgehead atoms. The summed E-state index contributed by atoms with van der Waals surface area (Å²) < 4.78 is 54.5. The maximum Gasteiger partial charge on any atom is 0.354 e. The van der Waals surface area contributed by atoms with Crippen molar-refractivity contribution in [3.63, 3.8) is 0 Å². The van der Waals surface area contributed by atoms with Gasteiger partial charge in [0.1, 0.15) is 12.0 Å². The van der Waals surface area contributed by atoms with Gasteiger partial charge in [0.25, 0.3) is 0 Å². The number of aromatic carboxylic acids is 1. The third kappa shape index (κ3) is 3.52. The number of alkyl halides is 1. The summed E-state index contributed by atoms with van der Waals surface area (Å²) in [4.78, 5) is 19.2. The lowest BCUT2D eigenvalue weighted by Crippen LogP contribution is -2.29. The van der Waals surface area contributed by atoms with E-state index in [0.29, 0.717) is 10.9 Å². The number of nitrogens with zero attached hydrogens (tertiary/aromatic N) is 3. The second-order valence-corrected chi connectivity index (χ2v) is 9.03. The van der Waals surface area contributed by atoms with Crippen LogP contribution < -0.4 is 0 Å². The average Bonchev–Trinajstić information content (AvgIpc) is 3.14. The monoisotopic (exact) mass is 433 g/mol. The molecule has 1 N–H and O–H groups in total. The molecule has 2 aromatic heterocycles. The van der Waals surface area contributed by atoms with Crippen LogP contribution in [0.4, 0.5) is 8.78 Å². The van der Waals surface area contributed by atoms with E-state index in [9.17, 15) is 22.0 Å². The highest BCUT2D eigenvalue weighted by atomic mass is 32.2. The lowest BCUT2D eigenvalue weighted by molar-refractivity contribution is 0.0691. The Morgan fingerprint density at radius 2 is 1.97 bits per heavy atom. The molecule has 0 amide bonds. The average molecular weight is 433 g/mol. The molecule has 3 heterocycles. The van der Waals surface area contributed by atoms with Gasteiger partial charge >= 0.3 is 5.97 Å². The zero-order valence-electron chi connectivity index (χ0n) is 15.8. The van der Waals surface area contributed by atoms with Crippen molar-refractivity contribution in [2.45, 2.75) is 24.4 Å². The number of sulfonamides is 1. The number of benzene rings is 1. The van der Waals surface area contributed by atoms with E-state index in [1.165, 1.54) is 18.2 Å². The predicted octanol–water partition coefficient (Wildman–Crippen LogP) is 3.18. The van der Waals surface area contributed by atoms with Crippen LogP contribution in [0.15, 0.2) is 41.3 Å². The Morgan fingerprint density at radius 3 is 2.60 bits per heavy atom. The van der Waals surface area contributed by atoms with Crippen molar-refractivity contribution in [2.75, 3.05) is 13.1 Å². The van der Waals surface area contributed by atoms with Crippen molar-refractivity contribution >= 4 is 27.0 Å². The topological polar surface area (TPSA) is 100 Å². The number of halogens is 2. The molecular formula is C20H17F2N3O4S. The second kappa shape index (κ2) is 7.37. The summed E-state index contributed by atoms with van der Waals surface area (Å²) in [5, 5.41) is 9.75. The zero-order chi connectivity index (χ0) is 21.6. The van der Waals surface area contributed by atoms with E-state index < -0.39 is 28.0 Å². The van der Waals surface area contributed by atoms with Gasteiger partial charge in [0.2, 0.25) is 10.0 Å². The summed E-state index contributed by atoms with van der Waals surface area (Å²) in [5.74, 6) is -2.02. The Bertz CT molecular complexity index is 1280. The second-order valence-electron chi connectivity index (χ2n) is 7.09. The predicted molar refractivity (Wildman–Crippen MR) is 105 cm³/mol. The molecule has 1 aliphatic rings. The summed E-state index contributed by atoms with van der Waals surface area (Å²) in [6.07, 6.45) is -1.11. The fourth-order valence-corrected chi connectivity index (χ4v) is 4.94. The van der Waals surface area contributed by atoms with E-state index in [2.05, 4.69) is 9.97 Å². The van der Waals surface area contributed by atoms with Gasteiger partial charge in [0, 0.05) is 24.0 Å². The first kappa shape index (κ1) is 20.3. The van der Waals surface area contributed by atoms with E-state index in [0.717, 1.165) is 10.4 Å². The fraction of sp³-hybridized carbons (Fsp3) is 0.250. The molecular weight excluding hydrogens is 416 g/mol. The maximum atomic E-state index is 14.9. The van der Waals surface area contributed by atoms with Gasteiger partial charge in [-0.3, -0.25) is 0 Å². The first-order valence-electron chi connectivity index (χ1n) is 9.12. The van der Waals surface area contributed by atoms with Crippen LogP contribution in [-0.2, 0) is 10.0 Å². The van der Waals surface area contributed by atoms with Crippen molar-refractivity contribution < 1.29 is 27.1 Å². The number of hydrogen-bond acceptors (Lipinski definition) is 5. The largest absolute Gasteiger partial charge is 0.477 e. The summed E-state index contributed by atoms with van der Waals surface area (Å²) >= 11 is 0. The van der Waals surface area contributed by atoms with Crippen molar-refractivity contribution in [2.24, 2.45) is 0 Å². The van der Waals surface area contributed by atoms with Crippen LogP contribution in [0.5, 0.6) is 0 Å². The number of rotatable bonds is 4. The van der Waals surface area contributed by atoms with Crippen LogP contribution in [0, 0.1) is 12.7 Å². The van der Waals surface area contributed by atoms with Crippen molar-refractivity contribution in [3.05, 3.63) is 53.5 Å². The van der Waals surface area contributed by atoms with Crippen molar-refractivity contribution in [1.82, 2.24) is 14.3 Å². The van der Waals surface area contributed by atoms with E-state index in [-0.39, 0.29) is 47.0 Å². The Hall–Kier alpha value is -2.98. The number of carbonyl (C=O) groups is 1. The molecule has 10 heteroatoms.